The van der Waals surface area contributed by atoms with Crippen molar-refractivity contribution in [2.45, 2.75) is 44.4 Å². The molecule has 1 fully saturated rings. The van der Waals surface area contributed by atoms with Crippen molar-refractivity contribution in [1.82, 2.24) is 0 Å². The maximum absolute atomic E-state index is 6.33. The molecule has 0 bridgehead atoms. The van der Waals surface area contributed by atoms with Gasteiger partial charge >= 0.3 is 0 Å². The fourth-order valence-electron chi connectivity index (χ4n) is 3.79. The molecule has 1 saturated heterocycles. The van der Waals surface area contributed by atoms with Gasteiger partial charge in [-0.25, -0.2) is 0 Å². The molecule has 1 aliphatic rings. The van der Waals surface area contributed by atoms with E-state index in [9.17, 15) is 0 Å². The molecule has 1 heterocycles. The van der Waals surface area contributed by atoms with Gasteiger partial charge in [-0.3, -0.25) is 0 Å². The lowest BCUT2D eigenvalue weighted by molar-refractivity contribution is -0.170. The van der Waals surface area contributed by atoms with E-state index in [2.05, 4.69) is 0 Å². The van der Waals surface area contributed by atoms with Crippen LogP contribution in [0.15, 0.2) is 91.0 Å². The van der Waals surface area contributed by atoms with Crippen LogP contribution >= 0.6 is 0 Å². The monoisotopic (exact) mass is 434 g/mol. The molecule has 5 nitrogen and oxygen atoms in total. The summed E-state index contributed by atoms with van der Waals surface area (Å²) in [5, 5.41) is 0. The average Bonchev–Trinajstić information content (AvgIpc) is 3.19. The summed E-state index contributed by atoms with van der Waals surface area (Å²) in [6.45, 7) is 1.82. The molecular weight excluding hydrogens is 404 g/mol. The molecular formula is C27H30O5. The van der Waals surface area contributed by atoms with Crippen molar-refractivity contribution in [3.05, 3.63) is 108 Å². The zero-order valence-electron chi connectivity index (χ0n) is 18.3. The quantitative estimate of drug-likeness (QED) is 0.436. The van der Waals surface area contributed by atoms with E-state index in [-0.39, 0.29) is 18.3 Å². The van der Waals surface area contributed by atoms with Crippen LogP contribution in [0.25, 0.3) is 0 Å². The maximum Gasteiger partial charge on any atom is 0.186 e. The van der Waals surface area contributed by atoms with Crippen molar-refractivity contribution in [3.8, 4) is 0 Å². The van der Waals surface area contributed by atoms with Crippen LogP contribution in [0, 0.1) is 0 Å². The van der Waals surface area contributed by atoms with Gasteiger partial charge in [0.05, 0.1) is 26.4 Å². The molecule has 3 aromatic rings. The topological polar surface area (TPSA) is 46.2 Å². The predicted molar refractivity (Wildman–Crippen MR) is 122 cm³/mol. The molecule has 1 aliphatic heterocycles. The van der Waals surface area contributed by atoms with E-state index in [1.165, 1.54) is 0 Å². The van der Waals surface area contributed by atoms with E-state index in [0.717, 1.165) is 16.7 Å². The summed E-state index contributed by atoms with van der Waals surface area (Å²) in [5.41, 5.74) is 3.31. The summed E-state index contributed by atoms with van der Waals surface area (Å²) < 4.78 is 30.3. The first-order valence-electron chi connectivity index (χ1n) is 10.9. The van der Waals surface area contributed by atoms with Crippen LogP contribution in [-0.2, 0) is 43.5 Å². The molecule has 0 radical (unpaired) electrons. The third-order valence-corrected chi connectivity index (χ3v) is 5.46. The Balaban J connectivity index is 1.42. The van der Waals surface area contributed by atoms with Gasteiger partial charge in [-0.1, -0.05) is 91.0 Å². The van der Waals surface area contributed by atoms with Crippen molar-refractivity contribution in [2.24, 2.45) is 0 Å². The third-order valence-electron chi connectivity index (χ3n) is 5.46. The Bertz CT molecular complexity index is 903. The summed E-state index contributed by atoms with van der Waals surface area (Å²) >= 11 is 0. The zero-order valence-corrected chi connectivity index (χ0v) is 18.3. The van der Waals surface area contributed by atoms with E-state index in [1.54, 1.807) is 7.11 Å². The molecule has 0 spiro atoms. The molecule has 2 unspecified atom stereocenters. The standard InChI is InChI=1S/C27H30O5/c1-28-27-26(31-19-23-15-9-4-10-16-23)25(30-18-22-13-7-3-8-14-22)24(32-27)20-29-17-21-11-5-2-6-12-21/h2-16,24-27H,17-20H2,1H3/t24-,25-,26?,27?/m1/s1. The summed E-state index contributed by atoms with van der Waals surface area (Å²) in [6, 6.07) is 30.3. The normalized spacial score (nSPS) is 22.8. The van der Waals surface area contributed by atoms with Gasteiger partial charge in [-0.05, 0) is 16.7 Å². The maximum atomic E-state index is 6.33. The lowest BCUT2D eigenvalue weighted by Gasteiger charge is -2.24. The molecule has 5 heteroatoms. The molecule has 32 heavy (non-hydrogen) atoms. The van der Waals surface area contributed by atoms with Gasteiger partial charge in [0, 0.05) is 7.11 Å². The smallest absolute Gasteiger partial charge is 0.186 e. The van der Waals surface area contributed by atoms with Gasteiger partial charge in [0.1, 0.15) is 18.3 Å². The number of hydrogen-bond donors (Lipinski definition) is 0. The summed E-state index contributed by atoms with van der Waals surface area (Å²) in [7, 11) is 1.63. The van der Waals surface area contributed by atoms with E-state index in [4.69, 9.17) is 23.7 Å². The van der Waals surface area contributed by atoms with Gasteiger partial charge in [0.25, 0.3) is 0 Å². The average molecular weight is 435 g/mol. The second-order valence-corrected chi connectivity index (χ2v) is 7.80. The number of rotatable bonds is 11. The predicted octanol–water partition coefficient (Wildman–Crippen LogP) is 4.75. The molecule has 0 aliphatic carbocycles. The van der Waals surface area contributed by atoms with Gasteiger partial charge in [-0.2, -0.15) is 0 Å². The molecule has 4 atom stereocenters. The first kappa shape index (κ1) is 22.6. The fraction of sp³-hybridized carbons (Fsp3) is 0.333. The number of ether oxygens (including phenoxy) is 5. The van der Waals surface area contributed by atoms with Crippen LogP contribution in [-0.4, -0.2) is 38.3 Å². The molecule has 0 aromatic heterocycles. The van der Waals surface area contributed by atoms with Crippen LogP contribution < -0.4 is 0 Å². The fourth-order valence-corrected chi connectivity index (χ4v) is 3.79. The van der Waals surface area contributed by atoms with Crippen LogP contribution in [0.3, 0.4) is 0 Å². The molecule has 3 aromatic carbocycles. The van der Waals surface area contributed by atoms with Gasteiger partial charge in [0.2, 0.25) is 0 Å². The van der Waals surface area contributed by atoms with E-state index < -0.39 is 6.29 Å². The van der Waals surface area contributed by atoms with Crippen LogP contribution in [0.1, 0.15) is 16.7 Å². The van der Waals surface area contributed by atoms with E-state index in [1.807, 2.05) is 91.0 Å². The third kappa shape index (κ3) is 6.25. The highest BCUT2D eigenvalue weighted by Crippen LogP contribution is 2.29. The highest BCUT2D eigenvalue weighted by atomic mass is 16.7. The largest absolute Gasteiger partial charge is 0.374 e. The Morgan fingerprint density at radius 1 is 0.625 bits per heavy atom. The summed E-state index contributed by atoms with van der Waals surface area (Å²) in [5.74, 6) is 0. The van der Waals surface area contributed by atoms with Gasteiger partial charge in [-0.15, -0.1) is 0 Å². The van der Waals surface area contributed by atoms with Crippen molar-refractivity contribution in [1.29, 1.82) is 0 Å². The summed E-state index contributed by atoms with van der Waals surface area (Å²) in [4.78, 5) is 0. The summed E-state index contributed by atoms with van der Waals surface area (Å²) in [6.07, 6.45) is -1.51. The van der Waals surface area contributed by atoms with Crippen molar-refractivity contribution < 1.29 is 23.7 Å². The molecule has 0 saturated carbocycles. The highest BCUT2D eigenvalue weighted by Gasteiger charge is 2.46. The molecule has 0 amide bonds. The zero-order chi connectivity index (χ0) is 22.0. The molecule has 168 valence electrons. The molecule has 0 N–H and O–H groups in total. The first-order valence-corrected chi connectivity index (χ1v) is 10.9. The lowest BCUT2D eigenvalue weighted by Crippen LogP contribution is -2.39. The Hall–Kier alpha value is -2.54. The minimum Gasteiger partial charge on any atom is -0.374 e. The first-order chi connectivity index (χ1) is 15.8. The number of benzene rings is 3. The number of hydrogen-bond acceptors (Lipinski definition) is 5. The van der Waals surface area contributed by atoms with E-state index >= 15 is 0 Å². The Kier molecular flexibility index (Phi) is 8.42. The highest BCUT2D eigenvalue weighted by molar-refractivity contribution is 5.15. The SMILES string of the molecule is COC1O[C@H](COCc2ccccc2)[C@@H](OCc2ccccc2)C1OCc1ccccc1. The Morgan fingerprint density at radius 3 is 1.59 bits per heavy atom. The Morgan fingerprint density at radius 2 is 1.09 bits per heavy atom. The minimum atomic E-state index is -0.523. The molecule has 4 rings (SSSR count). The van der Waals surface area contributed by atoms with Gasteiger partial charge < -0.3 is 23.7 Å². The lowest BCUT2D eigenvalue weighted by atomic mass is 10.1. The number of methoxy groups -OCH3 is 1. The minimum absolute atomic E-state index is 0.298. The Labute approximate surface area is 189 Å². The van der Waals surface area contributed by atoms with Crippen LogP contribution in [0.2, 0.25) is 0 Å². The van der Waals surface area contributed by atoms with Crippen LogP contribution in [0.4, 0.5) is 0 Å². The van der Waals surface area contributed by atoms with Crippen molar-refractivity contribution in [2.75, 3.05) is 13.7 Å². The van der Waals surface area contributed by atoms with Crippen molar-refractivity contribution in [3.63, 3.8) is 0 Å². The van der Waals surface area contributed by atoms with E-state index in [0.29, 0.717) is 26.4 Å². The van der Waals surface area contributed by atoms with Crippen molar-refractivity contribution >= 4 is 0 Å². The second kappa shape index (κ2) is 11.9. The van der Waals surface area contributed by atoms with Crippen LogP contribution in [0.5, 0.6) is 0 Å². The second-order valence-electron chi connectivity index (χ2n) is 7.80. The van der Waals surface area contributed by atoms with Gasteiger partial charge in [0.15, 0.2) is 6.29 Å².